The van der Waals surface area contributed by atoms with E-state index in [2.05, 4.69) is 37.5 Å². The monoisotopic (exact) mass is 460 g/mol. The summed E-state index contributed by atoms with van der Waals surface area (Å²) in [6.45, 7) is 10.6. The summed E-state index contributed by atoms with van der Waals surface area (Å²) in [6.07, 6.45) is 0. The van der Waals surface area contributed by atoms with Crippen molar-refractivity contribution in [2.24, 2.45) is 0 Å². The zero-order valence-corrected chi connectivity index (χ0v) is 20.4. The van der Waals surface area contributed by atoms with Crippen molar-refractivity contribution >= 4 is 23.2 Å². The van der Waals surface area contributed by atoms with E-state index >= 15 is 0 Å². The molecule has 0 saturated heterocycles. The number of hydrogen-bond donors (Lipinski definition) is 2. The number of anilines is 2. The van der Waals surface area contributed by atoms with Gasteiger partial charge in [-0.2, -0.15) is 0 Å². The summed E-state index contributed by atoms with van der Waals surface area (Å²) in [5.74, 6) is 1.11. The fraction of sp³-hybridized carbons (Fsp3) is 0.286. The van der Waals surface area contributed by atoms with Gasteiger partial charge in [0.25, 0.3) is 5.91 Å². The predicted molar refractivity (Wildman–Crippen MR) is 136 cm³/mol. The lowest BCUT2D eigenvalue weighted by molar-refractivity contribution is -0.114. The van der Waals surface area contributed by atoms with Crippen molar-refractivity contribution in [2.45, 2.75) is 46.6 Å². The molecule has 3 aromatic carbocycles. The Kier molecular flexibility index (Phi) is 7.95. The average Bonchev–Trinajstić information content (AvgIpc) is 2.79. The van der Waals surface area contributed by atoms with Crippen molar-refractivity contribution in [3.63, 3.8) is 0 Å². The second kappa shape index (κ2) is 10.9. The van der Waals surface area contributed by atoms with Gasteiger partial charge >= 0.3 is 0 Å². The third-order valence-corrected chi connectivity index (χ3v) is 5.16. The predicted octanol–water partition coefficient (Wildman–Crippen LogP) is 6.17. The molecule has 0 aromatic heterocycles. The van der Waals surface area contributed by atoms with Crippen LogP contribution >= 0.6 is 0 Å². The standard InChI is InChI=1S/C28H32N2O4/c1-6-33-25-16-11-20(27(32)30-23-14-12-22(13-15-23)29-19(2)31)17-21(25)18-34-26-10-8-7-9-24(26)28(3,4)5/h7-17H,6,18H2,1-5H3,(H,29,31)(H,30,32). The molecule has 0 spiro atoms. The van der Waals surface area contributed by atoms with Gasteiger partial charge in [0.2, 0.25) is 5.91 Å². The summed E-state index contributed by atoms with van der Waals surface area (Å²) in [5.41, 5.74) is 3.64. The molecule has 0 aliphatic carbocycles. The van der Waals surface area contributed by atoms with E-state index in [-0.39, 0.29) is 23.8 Å². The SMILES string of the molecule is CCOc1ccc(C(=O)Nc2ccc(NC(C)=O)cc2)cc1COc1ccccc1C(C)(C)C. The largest absolute Gasteiger partial charge is 0.493 e. The molecule has 2 amide bonds. The summed E-state index contributed by atoms with van der Waals surface area (Å²) >= 11 is 0. The quantitative estimate of drug-likeness (QED) is 0.421. The topological polar surface area (TPSA) is 76.7 Å². The van der Waals surface area contributed by atoms with Crippen molar-refractivity contribution in [3.05, 3.63) is 83.4 Å². The van der Waals surface area contributed by atoms with Crippen molar-refractivity contribution in [1.82, 2.24) is 0 Å². The Bertz CT molecular complexity index is 1150. The van der Waals surface area contributed by atoms with Crippen LogP contribution < -0.4 is 20.1 Å². The highest BCUT2D eigenvalue weighted by Gasteiger charge is 2.19. The van der Waals surface area contributed by atoms with Crippen molar-refractivity contribution < 1.29 is 19.1 Å². The first-order chi connectivity index (χ1) is 16.2. The van der Waals surface area contributed by atoms with Gasteiger partial charge in [0.15, 0.2) is 0 Å². The zero-order chi connectivity index (χ0) is 24.7. The molecule has 178 valence electrons. The summed E-state index contributed by atoms with van der Waals surface area (Å²) < 4.78 is 12.0. The van der Waals surface area contributed by atoms with Crippen LogP contribution in [-0.2, 0) is 16.8 Å². The number of carbonyl (C=O) groups is 2. The molecule has 0 radical (unpaired) electrons. The molecule has 0 bridgehead atoms. The zero-order valence-electron chi connectivity index (χ0n) is 20.4. The van der Waals surface area contributed by atoms with E-state index < -0.39 is 0 Å². The second-order valence-electron chi connectivity index (χ2n) is 9.00. The van der Waals surface area contributed by atoms with Crippen LogP contribution in [0.25, 0.3) is 0 Å². The fourth-order valence-corrected chi connectivity index (χ4v) is 3.54. The lowest BCUT2D eigenvalue weighted by atomic mass is 9.86. The summed E-state index contributed by atoms with van der Waals surface area (Å²) in [4.78, 5) is 24.1. The fourth-order valence-electron chi connectivity index (χ4n) is 3.54. The van der Waals surface area contributed by atoms with Crippen molar-refractivity contribution in [3.8, 4) is 11.5 Å². The number of carbonyl (C=O) groups excluding carboxylic acids is 2. The van der Waals surface area contributed by atoms with Crippen molar-refractivity contribution in [1.29, 1.82) is 0 Å². The molecule has 6 heteroatoms. The lowest BCUT2D eigenvalue weighted by Gasteiger charge is -2.23. The number of rotatable bonds is 8. The van der Waals surface area contributed by atoms with Gasteiger partial charge in [-0.1, -0.05) is 39.0 Å². The van der Waals surface area contributed by atoms with Crippen LogP contribution in [0.2, 0.25) is 0 Å². The van der Waals surface area contributed by atoms with E-state index in [1.165, 1.54) is 6.92 Å². The van der Waals surface area contributed by atoms with Gasteiger partial charge in [-0.25, -0.2) is 0 Å². The summed E-state index contributed by atoms with van der Waals surface area (Å²) in [7, 11) is 0. The molecule has 0 saturated carbocycles. The van der Waals surface area contributed by atoms with Gasteiger partial charge in [-0.05, 0) is 66.4 Å². The third-order valence-electron chi connectivity index (χ3n) is 5.16. The highest BCUT2D eigenvalue weighted by molar-refractivity contribution is 6.04. The highest BCUT2D eigenvalue weighted by atomic mass is 16.5. The van der Waals surface area contributed by atoms with Crippen LogP contribution in [0, 0.1) is 0 Å². The molecular weight excluding hydrogens is 428 g/mol. The lowest BCUT2D eigenvalue weighted by Crippen LogP contribution is -2.14. The van der Waals surface area contributed by atoms with E-state index in [1.807, 2.05) is 25.1 Å². The maximum Gasteiger partial charge on any atom is 0.255 e. The third kappa shape index (κ3) is 6.61. The molecule has 3 aromatic rings. The normalized spacial score (nSPS) is 11.0. The average molecular weight is 461 g/mol. The Hall–Kier alpha value is -3.80. The molecule has 0 unspecified atom stereocenters. The maximum atomic E-state index is 12.9. The summed E-state index contributed by atoms with van der Waals surface area (Å²) in [6, 6.07) is 20.3. The minimum Gasteiger partial charge on any atom is -0.493 e. The van der Waals surface area contributed by atoms with Gasteiger partial charge in [0.05, 0.1) is 6.61 Å². The number of benzene rings is 3. The smallest absolute Gasteiger partial charge is 0.255 e. The van der Waals surface area contributed by atoms with E-state index in [9.17, 15) is 9.59 Å². The van der Waals surface area contributed by atoms with Gasteiger partial charge < -0.3 is 20.1 Å². The molecule has 6 nitrogen and oxygen atoms in total. The number of amides is 2. The first-order valence-corrected chi connectivity index (χ1v) is 11.3. The van der Waals surface area contributed by atoms with Crippen LogP contribution in [-0.4, -0.2) is 18.4 Å². The van der Waals surface area contributed by atoms with E-state index in [0.717, 1.165) is 16.9 Å². The highest BCUT2D eigenvalue weighted by Crippen LogP contribution is 2.32. The summed E-state index contributed by atoms with van der Waals surface area (Å²) in [5, 5.41) is 5.59. The Morgan fingerprint density at radius 3 is 2.09 bits per heavy atom. The molecular formula is C28H32N2O4. The Morgan fingerprint density at radius 2 is 1.47 bits per heavy atom. The molecule has 0 atom stereocenters. The van der Waals surface area contributed by atoms with Crippen LogP contribution in [0.1, 0.15) is 56.1 Å². The number of ether oxygens (including phenoxy) is 2. The Morgan fingerprint density at radius 1 is 0.824 bits per heavy atom. The molecule has 3 rings (SSSR count). The van der Waals surface area contributed by atoms with Crippen LogP contribution in [0.4, 0.5) is 11.4 Å². The first-order valence-electron chi connectivity index (χ1n) is 11.3. The number of para-hydroxylation sites is 1. The first kappa shape index (κ1) is 24.8. The Balaban J connectivity index is 1.78. The molecule has 2 N–H and O–H groups in total. The van der Waals surface area contributed by atoms with Crippen LogP contribution in [0.3, 0.4) is 0 Å². The minimum absolute atomic E-state index is 0.0590. The van der Waals surface area contributed by atoms with E-state index in [0.29, 0.717) is 29.3 Å². The molecule has 0 heterocycles. The van der Waals surface area contributed by atoms with Gasteiger partial charge in [-0.15, -0.1) is 0 Å². The number of hydrogen-bond acceptors (Lipinski definition) is 4. The number of nitrogens with one attached hydrogen (secondary N) is 2. The molecule has 0 aliphatic rings. The molecule has 0 aliphatic heterocycles. The van der Waals surface area contributed by atoms with Gasteiger partial charge in [0, 0.05) is 29.4 Å². The minimum atomic E-state index is -0.244. The molecule has 0 fully saturated rings. The van der Waals surface area contributed by atoms with Crippen molar-refractivity contribution in [2.75, 3.05) is 17.2 Å². The Labute approximate surface area is 201 Å². The van der Waals surface area contributed by atoms with Gasteiger partial charge in [0.1, 0.15) is 18.1 Å². The van der Waals surface area contributed by atoms with Crippen LogP contribution in [0.5, 0.6) is 11.5 Å². The van der Waals surface area contributed by atoms with Crippen LogP contribution in [0.15, 0.2) is 66.7 Å². The second-order valence-corrected chi connectivity index (χ2v) is 9.00. The maximum absolute atomic E-state index is 12.9. The van der Waals surface area contributed by atoms with Gasteiger partial charge in [-0.3, -0.25) is 9.59 Å². The van der Waals surface area contributed by atoms with E-state index in [1.54, 1.807) is 42.5 Å². The van der Waals surface area contributed by atoms with E-state index in [4.69, 9.17) is 9.47 Å². The molecule has 34 heavy (non-hydrogen) atoms.